The summed E-state index contributed by atoms with van der Waals surface area (Å²) in [7, 11) is 1.56. The number of rotatable bonds is 9. The van der Waals surface area contributed by atoms with E-state index < -0.39 is 0 Å². The summed E-state index contributed by atoms with van der Waals surface area (Å²) in [5, 5.41) is 3.09. The predicted octanol–water partition coefficient (Wildman–Crippen LogP) is 3.15. The van der Waals surface area contributed by atoms with Crippen LogP contribution in [0.1, 0.15) is 29.8 Å². The molecule has 156 valence electrons. The van der Waals surface area contributed by atoms with Crippen molar-refractivity contribution in [2.45, 2.75) is 26.3 Å². The number of ether oxygens (including phenoxy) is 3. The summed E-state index contributed by atoms with van der Waals surface area (Å²) in [5.74, 6) is 1.47. The lowest BCUT2D eigenvalue weighted by Crippen LogP contribution is -2.45. The predicted molar refractivity (Wildman–Crippen MR) is 113 cm³/mol. The van der Waals surface area contributed by atoms with Gasteiger partial charge >= 0.3 is 0 Å². The molecule has 1 heterocycles. The molecule has 0 aromatic heterocycles. The highest BCUT2D eigenvalue weighted by molar-refractivity contribution is 5.95. The molecule has 1 aliphatic rings. The van der Waals surface area contributed by atoms with Crippen LogP contribution in [-0.4, -0.2) is 56.8 Å². The Morgan fingerprint density at radius 1 is 1.14 bits per heavy atom. The first kappa shape index (κ1) is 21.0. The Balaban J connectivity index is 1.72. The molecule has 0 spiro atoms. The quantitative estimate of drug-likeness (QED) is 0.703. The minimum absolute atomic E-state index is 0.148. The molecule has 0 saturated carbocycles. The van der Waals surface area contributed by atoms with E-state index in [1.807, 2.05) is 6.07 Å². The fourth-order valence-electron chi connectivity index (χ4n) is 3.67. The number of hydrogen-bond donors (Lipinski definition) is 1. The van der Waals surface area contributed by atoms with Crippen LogP contribution in [0.4, 0.5) is 0 Å². The highest BCUT2D eigenvalue weighted by atomic mass is 16.6. The van der Waals surface area contributed by atoms with E-state index >= 15 is 0 Å². The van der Waals surface area contributed by atoms with Crippen LogP contribution in [0.2, 0.25) is 0 Å². The normalized spacial score (nSPS) is 13.8. The lowest BCUT2D eigenvalue weighted by Gasteiger charge is -2.30. The van der Waals surface area contributed by atoms with Crippen molar-refractivity contribution in [2.24, 2.45) is 0 Å². The summed E-state index contributed by atoms with van der Waals surface area (Å²) in [6, 6.07) is 14.0. The molecule has 6 nitrogen and oxygen atoms in total. The van der Waals surface area contributed by atoms with Gasteiger partial charge in [-0.3, -0.25) is 9.69 Å². The van der Waals surface area contributed by atoms with Gasteiger partial charge in [0, 0.05) is 18.2 Å². The van der Waals surface area contributed by atoms with Crippen molar-refractivity contribution in [3.63, 3.8) is 0 Å². The summed E-state index contributed by atoms with van der Waals surface area (Å²) < 4.78 is 16.6. The van der Waals surface area contributed by atoms with E-state index in [0.717, 1.165) is 19.5 Å². The molecule has 1 aliphatic heterocycles. The van der Waals surface area contributed by atoms with Gasteiger partial charge in [-0.05, 0) is 37.2 Å². The minimum atomic E-state index is -0.148. The van der Waals surface area contributed by atoms with Crippen LogP contribution in [-0.2, 0) is 6.42 Å². The zero-order valence-corrected chi connectivity index (χ0v) is 17.4. The number of hydrogen-bond acceptors (Lipinski definition) is 5. The number of carbonyl (C=O) groups excluding carboxylic acids is 1. The molecule has 1 amide bonds. The Bertz CT molecular complexity index is 789. The number of methoxy groups -OCH3 is 1. The highest BCUT2D eigenvalue weighted by Crippen LogP contribution is 2.40. The van der Waals surface area contributed by atoms with E-state index in [2.05, 4.69) is 48.3 Å². The molecule has 0 aliphatic carbocycles. The standard InChI is InChI=1S/C23H30N2O4/c1-4-25(5-2)19(13-17-9-7-6-8-10-17)16-24-23(26)18-14-20(27-3)22-21(15-18)28-11-12-29-22/h6-10,14-15,19H,4-5,11-13,16H2,1-3H3,(H,24,26). The number of nitrogens with one attached hydrogen (secondary N) is 1. The van der Waals surface area contributed by atoms with Crippen molar-refractivity contribution in [3.05, 3.63) is 53.6 Å². The summed E-state index contributed by atoms with van der Waals surface area (Å²) in [4.78, 5) is 15.2. The molecule has 29 heavy (non-hydrogen) atoms. The van der Waals surface area contributed by atoms with E-state index in [1.54, 1.807) is 19.2 Å². The minimum Gasteiger partial charge on any atom is -0.493 e. The van der Waals surface area contributed by atoms with Gasteiger partial charge in [0.15, 0.2) is 11.5 Å². The molecule has 0 fully saturated rings. The lowest BCUT2D eigenvalue weighted by atomic mass is 10.0. The van der Waals surface area contributed by atoms with Crippen LogP contribution in [0.3, 0.4) is 0 Å². The number of likely N-dealkylation sites (N-methyl/N-ethyl adjacent to an activating group) is 1. The second kappa shape index (κ2) is 10.2. The first-order valence-electron chi connectivity index (χ1n) is 10.2. The molecule has 0 radical (unpaired) electrons. The molecular formula is C23H30N2O4. The van der Waals surface area contributed by atoms with Gasteiger partial charge in [-0.15, -0.1) is 0 Å². The van der Waals surface area contributed by atoms with Gasteiger partial charge in [0.25, 0.3) is 5.91 Å². The zero-order chi connectivity index (χ0) is 20.6. The lowest BCUT2D eigenvalue weighted by molar-refractivity contribution is 0.0932. The van der Waals surface area contributed by atoms with Gasteiger partial charge in [0.05, 0.1) is 7.11 Å². The molecule has 1 N–H and O–H groups in total. The molecule has 0 saturated heterocycles. The SMILES string of the molecule is CCN(CC)C(CNC(=O)c1cc(OC)c2c(c1)OCCO2)Cc1ccccc1. The third-order valence-electron chi connectivity index (χ3n) is 5.23. The van der Waals surface area contributed by atoms with E-state index in [1.165, 1.54) is 5.56 Å². The van der Waals surface area contributed by atoms with Crippen molar-refractivity contribution in [2.75, 3.05) is 40.0 Å². The van der Waals surface area contributed by atoms with E-state index in [9.17, 15) is 4.79 Å². The Kier molecular flexibility index (Phi) is 7.36. The van der Waals surface area contributed by atoms with Crippen molar-refractivity contribution < 1.29 is 19.0 Å². The van der Waals surface area contributed by atoms with Crippen molar-refractivity contribution in [1.29, 1.82) is 0 Å². The van der Waals surface area contributed by atoms with Gasteiger partial charge in [0.1, 0.15) is 13.2 Å². The third-order valence-corrected chi connectivity index (χ3v) is 5.23. The van der Waals surface area contributed by atoms with Gasteiger partial charge in [0.2, 0.25) is 5.75 Å². The Labute approximate surface area is 172 Å². The van der Waals surface area contributed by atoms with Gasteiger partial charge in [-0.2, -0.15) is 0 Å². The van der Waals surface area contributed by atoms with Crippen molar-refractivity contribution >= 4 is 5.91 Å². The smallest absolute Gasteiger partial charge is 0.251 e. The molecular weight excluding hydrogens is 368 g/mol. The van der Waals surface area contributed by atoms with Crippen LogP contribution in [0.25, 0.3) is 0 Å². The van der Waals surface area contributed by atoms with E-state index in [4.69, 9.17) is 14.2 Å². The number of nitrogens with zero attached hydrogens (tertiary/aromatic N) is 1. The van der Waals surface area contributed by atoms with Crippen LogP contribution in [0.15, 0.2) is 42.5 Å². The fourth-order valence-corrected chi connectivity index (χ4v) is 3.67. The Morgan fingerprint density at radius 3 is 2.55 bits per heavy atom. The van der Waals surface area contributed by atoms with Crippen molar-refractivity contribution in [3.8, 4) is 17.2 Å². The first-order chi connectivity index (χ1) is 14.2. The molecule has 3 rings (SSSR count). The topological polar surface area (TPSA) is 60.0 Å². The number of fused-ring (bicyclic) bond motifs is 1. The fraction of sp³-hybridized carbons (Fsp3) is 0.435. The second-order valence-corrected chi connectivity index (χ2v) is 6.98. The molecule has 2 aromatic carbocycles. The molecule has 1 atom stereocenters. The van der Waals surface area contributed by atoms with Crippen LogP contribution in [0.5, 0.6) is 17.2 Å². The molecule has 1 unspecified atom stereocenters. The van der Waals surface area contributed by atoms with E-state index in [0.29, 0.717) is 42.6 Å². The van der Waals surface area contributed by atoms with Crippen molar-refractivity contribution in [1.82, 2.24) is 10.2 Å². The summed E-state index contributed by atoms with van der Waals surface area (Å²) in [5.41, 5.74) is 1.77. The first-order valence-corrected chi connectivity index (χ1v) is 10.2. The average Bonchev–Trinajstić information content (AvgIpc) is 2.77. The number of amides is 1. The Hall–Kier alpha value is -2.73. The number of benzene rings is 2. The Morgan fingerprint density at radius 2 is 1.86 bits per heavy atom. The molecule has 2 aromatic rings. The zero-order valence-electron chi connectivity index (χ0n) is 17.4. The maximum absolute atomic E-state index is 12.9. The monoisotopic (exact) mass is 398 g/mol. The van der Waals surface area contributed by atoms with Crippen LogP contribution >= 0.6 is 0 Å². The third kappa shape index (κ3) is 5.21. The van der Waals surface area contributed by atoms with Gasteiger partial charge in [-0.1, -0.05) is 44.2 Å². The largest absolute Gasteiger partial charge is 0.493 e. The summed E-state index contributed by atoms with van der Waals surface area (Å²) in [6.45, 7) is 7.65. The maximum Gasteiger partial charge on any atom is 0.251 e. The van der Waals surface area contributed by atoms with Crippen LogP contribution < -0.4 is 19.5 Å². The summed E-state index contributed by atoms with van der Waals surface area (Å²) >= 11 is 0. The number of carbonyl (C=O) groups is 1. The van der Waals surface area contributed by atoms with Gasteiger partial charge in [-0.25, -0.2) is 0 Å². The second-order valence-electron chi connectivity index (χ2n) is 6.98. The maximum atomic E-state index is 12.9. The highest BCUT2D eigenvalue weighted by Gasteiger charge is 2.22. The summed E-state index contributed by atoms with van der Waals surface area (Å²) in [6.07, 6.45) is 0.882. The molecule has 6 heteroatoms. The van der Waals surface area contributed by atoms with E-state index in [-0.39, 0.29) is 11.9 Å². The van der Waals surface area contributed by atoms with Gasteiger partial charge < -0.3 is 19.5 Å². The average molecular weight is 399 g/mol. The van der Waals surface area contributed by atoms with Crippen LogP contribution in [0, 0.1) is 0 Å². The molecule has 0 bridgehead atoms.